The third-order valence-electron chi connectivity index (χ3n) is 4.54. The van der Waals surface area contributed by atoms with Crippen molar-refractivity contribution in [1.29, 1.82) is 5.26 Å². The zero-order valence-electron chi connectivity index (χ0n) is 13.4. The molecule has 3 aromatic heterocycles. The smallest absolute Gasteiger partial charge is 0.162 e. The summed E-state index contributed by atoms with van der Waals surface area (Å²) in [6.45, 7) is 0. The molecule has 0 N–H and O–H groups in total. The molecule has 0 spiro atoms. The van der Waals surface area contributed by atoms with E-state index in [1.807, 2.05) is 35.4 Å². The van der Waals surface area contributed by atoms with E-state index in [4.69, 9.17) is 5.26 Å². The maximum Gasteiger partial charge on any atom is 0.162 e. The predicted molar refractivity (Wildman–Crippen MR) is 92.6 cm³/mol. The lowest BCUT2D eigenvalue weighted by Gasteiger charge is -2.01. The number of fused-ring (bicyclic) bond motifs is 1. The molecule has 6 heteroatoms. The number of benzene rings is 1. The number of nitrogens with zero attached hydrogens (tertiary/aromatic N) is 6. The molecule has 0 unspecified atom stereocenters. The van der Waals surface area contributed by atoms with Crippen molar-refractivity contribution in [1.82, 2.24) is 24.4 Å². The quantitative estimate of drug-likeness (QED) is 0.578. The summed E-state index contributed by atoms with van der Waals surface area (Å²) in [6.07, 6.45) is 12.0. The number of nitriles is 1. The van der Waals surface area contributed by atoms with Crippen LogP contribution in [0.5, 0.6) is 0 Å². The monoisotopic (exact) mass is 326 g/mol. The first-order valence-corrected chi connectivity index (χ1v) is 8.20. The van der Waals surface area contributed by atoms with Gasteiger partial charge in [0, 0.05) is 35.3 Å². The minimum absolute atomic E-state index is 0.568. The SMILES string of the molecule is N#Cc1ccc(-c2cnn3cc(-c4cnn(C5CC5)c4)cnc23)cc1. The van der Waals surface area contributed by atoms with Crippen molar-refractivity contribution in [3.05, 3.63) is 60.8 Å². The van der Waals surface area contributed by atoms with Crippen LogP contribution in [-0.2, 0) is 0 Å². The van der Waals surface area contributed by atoms with Gasteiger partial charge >= 0.3 is 0 Å². The molecule has 1 aliphatic carbocycles. The Kier molecular flexibility index (Phi) is 2.94. The Morgan fingerprint density at radius 3 is 2.48 bits per heavy atom. The topological polar surface area (TPSA) is 71.8 Å². The van der Waals surface area contributed by atoms with Crippen LogP contribution >= 0.6 is 0 Å². The van der Waals surface area contributed by atoms with Gasteiger partial charge in [-0.3, -0.25) is 4.68 Å². The third-order valence-corrected chi connectivity index (χ3v) is 4.54. The Labute approximate surface area is 144 Å². The van der Waals surface area contributed by atoms with Crippen LogP contribution in [0.25, 0.3) is 27.9 Å². The standard InChI is InChI=1S/C19H14N6/c20-7-13-1-3-14(4-2-13)18-10-23-25-12-15(8-21-19(18)25)16-9-22-24(11-16)17-5-6-17/h1-4,8-12,17H,5-6H2. The second-order valence-electron chi connectivity index (χ2n) is 6.30. The lowest BCUT2D eigenvalue weighted by molar-refractivity contribution is 0.642. The Morgan fingerprint density at radius 2 is 1.72 bits per heavy atom. The van der Waals surface area contributed by atoms with Gasteiger partial charge in [0.15, 0.2) is 5.65 Å². The van der Waals surface area contributed by atoms with Gasteiger partial charge < -0.3 is 0 Å². The minimum Gasteiger partial charge on any atom is -0.269 e. The zero-order chi connectivity index (χ0) is 16.8. The summed E-state index contributed by atoms with van der Waals surface area (Å²) in [6, 6.07) is 10.2. The fraction of sp³-hybridized carbons (Fsp3) is 0.158. The lowest BCUT2D eigenvalue weighted by Crippen LogP contribution is -1.93. The molecule has 0 saturated heterocycles. The molecule has 0 atom stereocenters. The Morgan fingerprint density at radius 1 is 0.920 bits per heavy atom. The summed E-state index contributed by atoms with van der Waals surface area (Å²) in [5.41, 5.74) is 5.43. The van der Waals surface area contributed by atoms with Gasteiger partial charge in [-0.1, -0.05) is 12.1 Å². The summed E-state index contributed by atoms with van der Waals surface area (Å²) in [5.74, 6) is 0. The molecule has 0 radical (unpaired) electrons. The molecule has 3 heterocycles. The third kappa shape index (κ3) is 2.37. The highest BCUT2D eigenvalue weighted by Crippen LogP contribution is 2.35. The molecule has 120 valence electrons. The molecular formula is C19H14N6. The Bertz CT molecular complexity index is 1110. The van der Waals surface area contributed by atoms with E-state index in [1.165, 1.54) is 12.8 Å². The van der Waals surface area contributed by atoms with E-state index < -0.39 is 0 Å². The number of hydrogen-bond donors (Lipinski definition) is 0. The molecular weight excluding hydrogens is 312 g/mol. The Hall–Kier alpha value is -3.46. The largest absolute Gasteiger partial charge is 0.269 e. The van der Waals surface area contributed by atoms with Crippen LogP contribution in [0.3, 0.4) is 0 Å². The van der Waals surface area contributed by atoms with Crippen molar-refractivity contribution in [3.63, 3.8) is 0 Å². The Balaban J connectivity index is 1.53. The van der Waals surface area contributed by atoms with E-state index in [9.17, 15) is 0 Å². The van der Waals surface area contributed by atoms with Crippen LogP contribution in [0.1, 0.15) is 24.4 Å². The van der Waals surface area contributed by atoms with Crippen molar-refractivity contribution in [3.8, 4) is 28.3 Å². The molecule has 0 aliphatic heterocycles. The fourth-order valence-electron chi connectivity index (χ4n) is 2.98. The number of aromatic nitrogens is 5. The maximum absolute atomic E-state index is 8.92. The molecule has 6 nitrogen and oxygen atoms in total. The average Bonchev–Trinajstić information content (AvgIpc) is 3.24. The highest BCUT2D eigenvalue weighted by molar-refractivity contribution is 5.78. The van der Waals surface area contributed by atoms with Gasteiger partial charge in [0.1, 0.15) is 0 Å². The second-order valence-corrected chi connectivity index (χ2v) is 6.30. The first-order valence-electron chi connectivity index (χ1n) is 8.20. The minimum atomic E-state index is 0.568. The van der Waals surface area contributed by atoms with Gasteiger partial charge in [-0.2, -0.15) is 15.5 Å². The van der Waals surface area contributed by atoms with Gasteiger partial charge in [0.05, 0.1) is 30.1 Å². The van der Waals surface area contributed by atoms with E-state index in [1.54, 1.807) is 22.8 Å². The van der Waals surface area contributed by atoms with Crippen molar-refractivity contribution >= 4 is 5.65 Å². The van der Waals surface area contributed by atoms with E-state index >= 15 is 0 Å². The first-order chi connectivity index (χ1) is 12.3. The highest BCUT2D eigenvalue weighted by Gasteiger charge is 2.24. The predicted octanol–water partition coefficient (Wildman–Crippen LogP) is 3.47. The lowest BCUT2D eigenvalue weighted by atomic mass is 10.1. The van der Waals surface area contributed by atoms with Crippen LogP contribution in [0.2, 0.25) is 0 Å². The van der Waals surface area contributed by atoms with E-state index in [2.05, 4.69) is 27.4 Å². The summed E-state index contributed by atoms with van der Waals surface area (Å²) < 4.78 is 3.82. The van der Waals surface area contributed by atoms with E-state index in [-0.39, 0.29) is 0 Å². The van der Waals surface area contributed by atoms with Crippen LogP contribution in [-0.4, -0.2) is 24.4 Å². The maximum atomic E-state index is 8.92. The fourth-order valence-corrected chi connectivity index (χ4v) is 2.98. The highest BCUT2D eigenvalue weighted by atomic mass is 15.3. The molecule has 0 bridgehead atoms. The summed E-state index contributed by atoms with van der Waals surface area (Å²) in [4.78, 5) is 4.60. The molecule has 25 heavy (non-hydrogen) atoms. The number of rotatable bonds is 3. The molecule has 0 amide bonds. The van der Waals surface area contributed by atoms with Gasteiger partial charge in [-0.25, -0.2) is 9.50 Å². The van der Waals surface area contributed by atoms with Crippen LogP contribution in [0.4, 0.5) is 0 Å². The first kappa shape index (κ1) is 13.9. The molecule has 1 fully saturated rings. The van der Waals surface area contributed by atoms with Crippen LogP contribution in [0, 0.1) is 11.3 Å². The van der Waals surface area contributed by atoms with E-state index in [0.717, 1.165) is 27.9 Å². The molecule has 5 rings (SSSR count). The van der Waals surface area contributed by atoms with Gasteiger partial charge in [-0.15, -0.1) is 0 Å². The molecule has 1 saturated carbocycles. The van der Waals surface area contributed by atoms with Crippen LogP contribution < -0.4 is 0 Å². The molecule has 4 aromatic rings. The van der Waals surface area contributed by atoms with E-state index in [0.29, 0.717) is 11.6 Å². The van der Waals surface area contributed by atoms with Crippen molar-refractivity contribution in [2.75, 3.05) is 0 Å². The summed E-state index contributed by atoms with van der Waals surface area (Å²) in [5, 5.41) is 17.8. The van der Waals surface area contributed by atoms with Crippen molar-refractivity contribution in [2.24, 2.45) is 0 Å². The average molecular weight is 326 g/mol. The van der Waals surface area contributed by atoms with Crippen LogP contribution in [0.15, 0.2) is 55.2 Å². The molecule has 1 aliphatic rings. The second kappa shape index (κ2) is 5.28. The summed E-state index contributed by atoms with van der Waals surface area (Å²) in [7, 11) is 0. The zero-order valence-corrected chi connectivity index (χ0v) is 13.4. The van der Waals surface area contributed by atoms with Crippen molar-refractivity contribution < 1.29 is 0 Å². The van der Waals surface area contributed by atoms with Gasteiger partial charge in [0.25, 0.3) is 0 Å². The van der Waals surface area contributed by atoms with Crippen molar-refractivity contribution in [2.45, 2.75) is 18.9 Å². The normalized spacial score (nSPS) is 13.9. The summed E-state index contributed by atoms with van der Waals surface area (Å²) >= 11 is 0. The van der Waals surface area contributed by atoms with Gasteiger partial charge in [-0.05, 0) is 30.5 Å². The van der Waals surface area contributed by atoms with Gasteiger partial charge in [0.2, 0.25) is 0 Å². The molecule has 1 aromatic carbocycles. The number of hydrogen-bond acceptors (Lipinski definition) is 4.